The summed E-state index contributed by atoms with van der Waals surface area (Å²) in [6, 6.07) is 7.13. The van der Waals surface area contributed by atoms with Crippen molar-refractivity contribution in [3.05, 3.63) is 45.6 Å². The van der Waals surface area contributed by atoms with E-state index in [0.29, 0.717) is 23.2 Å². The van der Waals surface area contributed by atoms with E-state index < -0.39 is 10.0 Å². The standard InChI is InChI=1S/C15H20N2O2S2/c1-4-13(14-6-5-9-20-14)17-21(18,19)15-10(2)7-8-12(16)11(15)3/h5-9,13,17H,4,16H2,1-3H3. The van der Waals surface area contributed by atoms with E-state index in [1.54, 1.807) is 37.3 Å². The van der Waals surface area contributed by atoms with Crippen molar-refractivity contribution in [1.82, 2.24) is 4.72 Å². The molecule has 0 aliphatic heterocycles. The van der Waals surface area contributed by atoms with Crippen molar-refractivity contribution in [2.75, 3.05) is 5.73 Å². The van der Waals surface area contributed by atoms with Gasteiger partial charge in [0, 0.05) is 10.6 Å². The number of benzene rings is 1. The van der Waals surface area contributed by atoms with E-state index in [1.165, 1.54) is 0 Å². The van der Waals surface area contributed by atoms with Gasteiger partial charge in [0.1, 0.15) is 0 Å². The molecule has 0 saturated heterocycles. The Kier molecular flexibility index (Phi) is 4.70. The van der Waals surface area contributed by atoms with E-state index in [4.69, 9.17) is 5.73 Å². The zero-order valence-corrected chi connectivity index (χ0v) is 14.0. The van der Waals surface area contributed by atoms with Crippen LogP contribution in [-0.4, -0.2) is 8.42 Å². The predicted octanol–water partition coefficient (Wildman–Crippen LogP) is 3.38. The maximum absolute atomic E-state index is 12.7. The molecular weight excluding hydrogens is 304 g/mol. The Morgan fingerprint density at radius 3 is 2.57 bits per heavy atom. The van der Waals surface area contributed by atoms with E-state index in [-0.39, 0.29) is 10.9 Å². The van der Waals surface area contributed by atoms with E-state index >= 15 is 0 Å². The summed E-state index contributed by atoms with van der Waals surface area (Å²) in [5, 5.41) is 1.95. The highest BCUT2D eigenvalue weighted by molar-refractivity contribution is 7.89. The first-order chi connectivity index (χ1) is 9.86. The predicted molar refractivity (Wildman–Crippen MR) is 88.0 cm³/mol. The van der Waals surface area contributed by atoms with Gasteiger partial charge in [-0.15, -0.1) is 11.3 Å². The van der Waals surface area contributed by atoms with Crippen LogP contribution in [0.1, 0.15) is 35.4 Å². The lowest BCUT2D eigenvalue weighted by atomic mass is 10.1. The van der Waals surface area contributed by atoms with Crippen molar-refractivity contribution in [2.24, 2.45) is 0 Å². The summed E-state index contributed by atoms with van der Waals surface area (Å²) >= 11 is 1.55. The van der Waals surface area contributed by atoms with Crippen LogP contribution in [0.25, 0.3) is 0 Å². The van der Waals surface area contributed by atoms with Crippen molar-refractivity contribution >= 4 is 27.0 Å². The van der Waals surface area contributed by atoms with Gasteiger partial charge in [-0.05, 0) is 48.9 Å². The molecular formula is C15H20N2O2S2. The molecule has 114 valence electrons. The van der Waals surface area contributed by atoms with Crippen LogP contribution >= 0.6 is 11.3 Å². The summed E-state index contributed by atoms with van der Waals surface area (Å²) in [6.45, 7) is 5.49. The normalized spacial score (nSPS) is 13.3. The minimum absolute atomic E-state index is 0.213. The van der Waals surface area contributed by atoms with Gasteiger partial charge < -0.3 is 5.73 Å². The van der Waals surface area contributed by atoms with Crippen molar-refractivity contribution in [1.29, 1.82) is 0 Å². The number of anilines is 1. The maximum Gasteiger partial charge on any atom is 0.241 e. The van der Waals surface area contributed by atoms with Gasteiger partial charge in [0.25, 0.3) is 0 Å². The fourth-order valence-corrected chi connectivity index (χ4v) is 5.07. The number of nitrogens with two attached hydrogens (primary N) is 1. The molecule has 0 spiro atoms. The summed E-state index contributed by atoms with van der Waals surface area (Å²) in [4.78, 5) is 1.30. The topological polar surface area (TPSA) is 72.2 Å². The highest BCUT2D eigenvalue weighted by atomic mass is 32.2. The van der Waals surface area contributed by atoms with Crippen LogP contribution in [0.2, 0.25) is 0 Å². The molecule has 1 heterocycles. The fraction of sp³-hybridized carbons (Fsp3) is 0.333. The first-order valence-electron chi connectivity index (χ1n) is 6.78. The Bertz CT molecular complexity index is 722. The van der Waals surface area contributed by atoms with Gasteiger partial charge in [-0.1, -0.05) is 19.1 Å². The molecule has 0 aliphatic rings. The van der Waals surface area contributed by atoms with Gasteiger partial charge in [-0.2, -0.15) is 0 Å². The van der Waals surface area contributed by atoms with Crippen LogP contribution in [0.4, 0.5) is 5.69 Å². The minimum atomic E-state index is -3.60. The van der Waals surface area contributed by atoms with Crippen LogP contribution in [0.3, 0.4) is 0 Å². The van der Waals surface area contributed by atoms with Gasteiger partial charge >= 0.3 is 0 Å². The molecule has 0 aliphatic carbocycles. The summed E-state index contributed by atoms with van der Waals surface area (Å²) in [5.41, 5.74) is 7.65. The minimum Gasteiger partial charge on any atom is -0.398 e. The Morgan fingerprint density at radius 2 is 2.00 bits per heavy atom. The quantitative estimate of drug-likeness (QED) is 0.828. The lowest BCUT2D eigenvalue weighted by Crippen LogP contribution is -2.29. The number of nitrogen functional groups attached to an aromatic ring is 1. The maximum atomic E-state index is 12.7. The first-order valence-corrected chi connectivity index (χ1v) is 9.14. The van der Waals surface area contributed by atoms with Gasteiger partial charge in [-0.3, -0.25) is 0 Å². The first kappa shape index (κ1) is 16.0. The Labute approximate surface area is 130 Å². The van der Waals surface area contributed by atoms with Gasteiger partial charge in [-0.25, -0.2) is 13.1 Å². The SMILES string of the molecule is CCC(NS(=O)(=O)c1c(C)ccc(N)c1C)c1cccs1. The van der Waals surface area contributed by atoms with Crippen molar-refractivity contribution < 1.29 is 8.42 Å². The molecule has 0 saturated carbocycles. The summed E-state index contributed by atoms with van der Waals surface area (Å²) in [7, 11) is -3.60. The fourth-order valence-electron chi connectivity index (χ4n) is 2.33. The highest BCUT2D eigenvalue weighted by Gasteiger charge is 2.24. The van der Waals surface area contributed by atoms with Gasteiger partial charge in [0.2, 0.25) is 10.0 Å². The van der Waals surface area contributed by atoms with E-state index in [0.717, 1.165) is 4.88 Å². The third-order valence-electron chi connectivity index (χ3n) is 3.51. The molecule has 6 heteroatoms. The molecule has 1 unspecified atom stereocenters. The molecule has 1 aromatic carbocycles. The smallest absolute Gasteiger partial charge is 0.241 e. The van der Waals surface area contributed by atoms with Crippen LogP contribution in [-0.2, 0) is 10.0 Å². The van der Waals surface area contributed by atoms with Gasteiger partial charge in [0.15, 0.2) is 0 Å². The average molecular weight is 324 g/mol. The molecule has 21 heavy (non-hydrogen) atoms. The molecule has 1 aromatic heterocycles. The van der Waals surface area contributed by atoms with Crippen LogP contribution in [0.5, 0.6) is 0 Å². The van der Waals surface area contributed by atoms with Crippen molar-refractivity contribution in [3.63, 3.8) is 0 Å². The third-order valence-corrected chi connectivity index (χ3v) is 6.25. The number of nitrogens with one attached hydrogen (secondary N) is 1. The van der Waals surface area contributed by atoms with Crippen molar-refractivity contribution in [2.45, 2.75) is 38.1 Å². The number of thiophene rings is 1. The second-order valence-electron chi connectivity index (χ2n) is 5.02. The summed E-state index contributed by atoms with van der Waals surface area (Å²) in [6.07, 6.45) is 0.695. The molecule has 4 nitrogen and oxygen atoms in total. The molecule has 0 bridgehead atoms. The molecule has 1 atom stereocenters. The zero-order chi connectivity index (χ0) is 15.6. The molecule has 3 N–H and O–H groups in total. The monoisotopic (exact) mass is 324 g/mol. The Hall–Kier alpha value is -1.37. The van der Waals surface area contributed by atoms with Crippen LogP contribution < -0.4 is 10.5 Å². The summed E-state index contributed by atoms with van der Waals surface area (Å²) in [5.74, 6) is 0. The summed E-state index contributed by atoms with van der Waals surface area (Å²) < 4.78 is 28.3. The number of sulfonamides is 1. The lowest BCUT2D eigenvalue weighted by molar-refractivity contribution is 0.552. The van der Waals surface area contributed by atoms with Gasteiger partial charge in [0.05, 0.1) is 10.9 Å². The Balaban J connectivity index is 2.41. The number of hydrogen-bond donors (Lipinski definition) is 2. The lowest BCUT2D eigenvalue weighted by Gasteiger charge is -2.19. The molecule has 2 aromatic rings. The van der Waals surface area contributed by atoms with E-state index in [1.807, 2.05) is 24.4 Å². The van der Waals surface area contributed by atoms with Crippen LogP contribution in [0, 0.1) is 13.8 Å². The average Bonchev–Trinajstić information content (AvgIpc) is 2.94. The number of rotatable bonds is 5. The largest absolute Gasteiger partial charge is 0.398 e. The molecule has 0 fully saturated rings. The zero-order valence-electron chi connectivity index (χ0n) is 12.4. The second kappa shape index (κ2) is 6.17. The highest BCUT2D eigenvalue weighted by Crippen LogP contribution is 2.28. The van der Waals surface area contributed by atoms with Crippen molar-refractivity contribution in [3.8, 4) is 0 Å². The molecule has 2 rings (SSSR count). The molecule has 0 radical (unpaired) electrons. The Morgan fingerprint density at radius 1 is 1.29 bits per heavy atom. The third kappa shape index (κ3) is 3.28. The van der Waals surface area contributed by atoms with E-state index in [2.05, 4.69) is 4.72 Å². The van der Waals surface area contributed by atoms with Crippen LogP contribution in [0.15, 0.2) is 34.5 Å². The second-order valence-corrected chi connectivity index (χ2v) is 7.65. The number of hydrogen-bond acceptors (Lipinski definition) is 4. The number of aryl methyl sites for hydroxylation is 1. The molecule has 0 amide bonds. The van der Waals surface area contributed by atoms with E-state index in [9.17, 15) is 8.42 Å².